The van der Waals surface area contributed by atoms with Gasteiger partial charge in [0.2, 0.25) is 17.7 Å². The fourth-order valence-electron chi connectivity index (χ4n) is 2.72. The van der Waals surface area contributed by atoms with Crippen molar-refractivity contribution < 1.29 is 14.0 Å². The van der Waals surface area contributed by atoms with Gasteiger partial charge in [-0.05, 0) is 32.0 Å². The molecule has 1 aromatic heterocycles. The molecule has 1 fully saturated rings. The van der Waals surface area contributed by atoms with Gasteiger partial charge in [-0.2, -0.15) is 0 Å². The molecule has 3 rings (SSSR count). The van der Waals surface area contributed by atoms with E-state index in [4.69, 9.17) is 4.42 Å². The van der Waals surface area contributed by atoms with Gasteiger partial charge in [0.05, 0.1) is 12.1 Å². The van der Waals surface area contributed by atoms with Crippen LogP contribution in [0.2, 0.25) is 0 Å². The van der Waals surface area contributed by atoms with Gasteiger partial charge in [0.15, 0.2) is 0 Å². The molecule has 0 aliphatic carbocycles. The van der Waals surface area contributed by atoms with Crippen molar-refractivity contribution in [2.45, 2.75) is 20.3 Å². The molecule has 2 heterocycles. The Hall–Kier alpha value is -2.63. The number of aryl methyl sites for hydroxylation is 1. The Morgan fingerprint density at radius 3 is 2.96 bits per heavy atom. The van der Waals surface area contributed by atoms with Crippen molar-refractivity contribution in [3.63, 3.8) is 0 Å². The number of benzene rings is 1. The third kappa shape index (κ3) is 3.26. The molecule has 6 heteroatoms. The lowest BCUT2D eigenvalue weighted by Crippen LogP contribution is -2.28. The number of hydrogen-bond acceptors (Lipinski definition) is 4. The van der Waals surface area contributed by atoms with Gasteiger partial charge in [0, 0.05) is 30.8 Å². The molecule has 1 N–H and O–H groups in total. The van der Waals surface area contributed by atoms with Crippen LogP contribution in [0.25, 0.3) is 11.5 Å². The van der Waals surface area contributed by atoms with E-state index < -0.39 is 0 Å². The van der Waals surface area contributed by atoms with Gasteiger partial charge < -0.3 is 14.6 Å². The molecule has 1 aliphatic heterocycles. The number of aromatic nitrogens is 1. The van der Waals surface area contributed by atoms with E-state index in [2.05, 4.69) is 10.3 Å². The van der Waals surface area contributed by atoms with Crippen LogP contribution in [-0.2, 0) is 9.59 Å². The Bertz CT molecular complexity index is 738. The summed E-state index contributed by atoms with van der Waals surface area (Å²) in [4.78, 5) is 30.0. The largest absolute Gasteiger partial charge is 0.441 e. The van der Waals surface area contributed by atoms with Crippen molar-refractivity contribution in [1.82, 2.24) is 9.88 Å². The summed E-state index contributed by atoms with van der Waals surface area (Å²) in [7, 11) is 0. The van der Waals surface area contributed by atoms with Gasteiger partial charge in [-0.15, -0.1) is 0 Å². The maximum atomic E-state index is 12.3. The van der Waals surface area contributed by atoms with Crippen LogP contribution in [0.5, 0.6) is 0 Å². The highest BCUT2D eigenvalue weighted by atomic mass is 16.4. The lowest BCUT2D eigenvalue weighted by Gasteiger charge is -2.13. The topological polar surface area (TPSA) is 75.4 Å². The quantitative estimate of drug-likeness (QED) is 0.941. The lowest BCUT2D eigenvalue weighted by atomic mass is 10.1. The number of carbonyl (C=O) groups is 2. The minimum Gasteiger partial charge on any atom is -0.441 e. The molecule has 1 saturated heterocycles. The fraction of sp³-hybridized carbons (Fsp3) is 0.353. The first kappa shape index (κ1) is 15.3. The van der Waals surface area contributed by atoms with Crippen LogP contribution in [0, 0.1) is 12.8 Å². The highest BCUT2D eigenvalue weighted by molar-refractivity contribution is 5.97. The first-order chi connectivity index (χ1) is 11.1. The molecule has 1 aliphatic rings. The van der Waals surface area contributed by atoms with Gasteiger partial charge >= 0.3 is 0 Å². The van der Waals surface area contributed by atoms with Gasteiger partial charge in [-0.25, -0.2) is 4.98 Å². The number of amides is 2. The third-order valence-electron chi connectivity index (χ3n) is 3.97. The van der Waals surface area contributed by atoms with E-state index in [1.807, 2.05) is 38.1 Å². The standard InChI is InChI=1S/C17H19N3O3/c1-3-20-10-13(8-15(20)21)16(22)19-14-6-4-5-12(7-14)17-18-9-11(2)23-17/h4-7,9,13H,3,8,10H2,1-2H3,(H,19,22)/t13-/m1/s1. The second-order valence-electron chi connectivity index (χ2n) is 5.68. The summed E-state index contributed by atoms with van der Waals surface area (Å²) >= 11 is 0. The summed E-state index contributed by atoms with van der Waals surface area (Å²) < 4.78 is 5.50. The van der Waals surface area contributed by atoms with Crippen LogP contribution >= 0.6 is 0 Å². The zero-order valence-electron chi connectivity index (χ0n) is 13.2. The highest BCUT2D eigenvalue weighted by Gasteiger charge is 2.33. The summed E-state index contributed by atoms with van der Waals surface area (Å²) in [5.74, 6) is 0.868. The molecule has 1 aromatic carbocycles. The van der Waals surface area contributed by atoms with Crippen molar-refractivity contribution in [3.05, 3.63) is 36.2 Å². The monoisotopic (exact) mass is 313 g/mol. The minimum absolute atomic E-state index is 0.0386. The Morgan fingerprint density at radius 2 is 2.30 bits per heavy atom. The summed E-state index contributed by atoms with van der Waals surface area (Å²) in [6, 6.07) is 7.34. The Kier molecular flexibility index (Phi) is 4.14. The average Bonchev–Trinajstić information content (AvgIpc) is 3.13. The highest BCUT2D eigenvalue weighted by Crippen LogP contribution is 2.24. The molecule has 0 radical (unpaired) electrons. The Balaban J connectivity index is 1.71. The summed E-state index contributed by atoms with van der Waals surface area (Å²) in [6.07, 6.45) is 1.93. The number of hydrogen-bond donors (Lipinski definition) is 1. The molecule has 6 nitrogen and oxygen atoms in total. The van der Waals surface area contributed by atoms with Gasteiger partial charge in [-0.1, -0.05) is 6.07 Å². The van der Waals surface area contributed by atoms with Crippen LogP contribution in [-0.4, -0.2) is 34.8 Å². The van der Waals surface area contributed by atoms with Crippen LogP contribution in [0.1, 0.15) is 19.1 Å². The van der Waals surface area contributed by atoms with E-state index in [-0.39, 0.29) is 24.2 Å². The summed E-state index contributed by atoms with van der Waals surface area (Å²) in [5.41, 5.74) is 1.47. The molecule has 0 bridgehead atoms. The van der Waals surface area contributed by atoms with Crippen LogP contribution < -0.4 is 5.32 Å². The smallest absolute Gasteiger partial charge is 0.229 e. The van der Waals surface area contributed by atoms with Crippen LogP contribution in [0.3, 0.4) is 0 Å². The Morgan fingerprint density at radius 1 is 1.48 bits per heavy atom. The minimum atomic E-state index is -0.296. The summed E-state index contributed by atoms with van der Waals surface area (Å²) in [6.45, 7) is 4.88. The normalized spacial score (nSPS) is 17.6. The van der Waals surface area contributed by atoms with Crippen LogP contribution in [0.15, 0.2) is 34.9 Å². The molecule has 2 amide bonds. The van der Waals surface area contributed by atoms with Crippen molar-refractivity contribution in [2.75, 3.05) is 18.4 Å². The summed E-state index contributed by atoms with van der Waals surface area (Å²) in [5, 5.41) is 2.88. The molecule has 2 aromatic rings. The molecule has 120 valence electrons. The predicted octanol–water partition coefficient (Wildman–Crippen LogP) is 2.46. The van der Waals surface area contributed by atoms with Crippen molar-refractivity contribution in [1.29, 1.82) is 0 Å². The van der Waals surface area contributed by atoms with E-state index in [0.717, 1.165) is 11.3 Å². The van der Waals surface area contributed by atoms with E-state index >= 15 is 0 Å². The average molecular weight is 313 g/mol. The SMILES string of the molecule is CCN1C[C@H](C(=O)Nc2cccc(-c3ncc(C)o3)c2)CC1=O. The van der Waals surface area contributed by atoms with E-state index in [9.17, 15) is 9.59 Å². The number of rotatable bonds is 4. The van der Waals surface area contributed by atoms with Gasteiger partial charge in [-0.3, -0.25) is 9.59 Å². The maximum Gasteiger partial charge on any atom is 0.229 e. The van der Waals surface area contributed by atoms with Gasteiger partial charge in [0.25, 0.3) is 0 Å². The first-order valence-corrected chi connectivity index (χ1v) is 7.68. The zero-order valence-corrected chi connectivity index (χ0v) is 13.2. The molecular formula is C17H19N3O3. The third-order valence-corrected chi connectivity index (χ3v) is 3.97. The van der Waals surface area contributed by atoms with E-state index in [0.29, 0.717) is 24.7 Å². The predicted molar refractivity (Wildman–Crippen MR) is 85.7 cm³/mol. The molecule has 0 unspecified atom stereocenters. The number of anilines is 1. The lowest BCUT2D eigenvalue weighted by molar-refractivity contribution is -0.128. The molecule has 0 spiro atoms. The number of nitrogens with one attached hydrogen (secondary N) is 1. The second-order valence-corrected chi connectivity index (χ2v) is 5.68. The van der Waals surface area contributed by atoms with Crippen molar-refractivity contribution in [3.8, 4) is 11.5 Å². The number of likely N-dealkylation sites (tertiary alicyclic amines) is 1. The fourth-order valence-corrected chi connectivity index (χ4v) is 2.72. The molecular weight excluding hydrogens is 294 g/mol. The first-order valence-electron chi connectivity index (χ1n) is 7.68. The molecule has 0 saturated carbocycles. The number of carbonyl (C=O) groups excluding carboxylic acids is 2. The second kappa shape index (κ2) is 6.24. The van der Waals surface area contributed by atoms with Crippen molar-refractivity contribution >= 4 is 17.5 Å². The maximum absolute atomic E-state index is 12.3. The van der Waals surface area contributed by atoms with Gasteiger partial charge in [0.1, 0.15) is 5.76 Å². The molecule has 1 atom stereocenters. The molecule has 23 heavy (non-hydrogen) atoms. The van der Waals surface area contributed by atoms with Crippen LogP contribution in [0.4, 0.5) is 5.69 Å². The number of nitrogens with zero attached hydrogens (tertiary/aromatic N) is 2. The van der Waals surface area contributed by atoms with E-state index in [1.54, 1.807) is 11.1 Å². The Labute approximate surface area is 134 Å². The van der Waals surface area contributed by atoms with E-state index in [1.165, 1.54) is 0 Å². The zero-order chi connectivity index (χ0) is 16.4. The van der Waals surface area contributed by atoms with Crippen molar-refractivity contribution in [2.24, 2.45) is 5.92 Å². The number of oxazole rings is 1.